The van der Waals surface area contributed by atoms with E-state index in [9.17, 15) is 0 Å². The molecule has 10 heterocycles. The minimum atomic E-state index is -3.03. The van der Waals surface area contributed by atoms with Gasteiger partial charge < -0.3 is 0 Å². The predicted molar refractivity (Wildman–Crippen MR) is 79.2 cm³/mol. The quantitative estimate of drug-likeness (QED) is 0.470. The Labute approximate surface area is 117 Å². The average Bonchev–Trinajstić information content (AvgIpc) is 3.37. The van der Waals surface area contributed by atoms with Gasteiger partial charge in [0.1, 0.15) is 0 Å². The molecular weight excluding hydrogens is 352 g/mol. The molecule has 0 N–H and O–H groups in total. The van der Waals surface area contributed by atoms with Crippen molar-refractivity contribution >= 4 is 15.9 Å². The summed E-state index contributed by atoms with van der Waals surface area (Å²) in [6.07, 6.45) is 1.53. The summed E-state index contributed by atoms with van der Waals surface area (Å²) in [5, 5.41) is 0. The molecule has 1 aromatic carbocycles. The molecular formula is C18H17BrFe. The summed E-state index contributed by atoms with van der Waals surface area (Å²) in [4.78, 5) is 11.2. The molecule has 0 radical (unpaired) electrons. The monoisotopic (exact) mass is 368 g/mol. The number of aryl methyl sites for hydroxylation is 1. The van der Waals surface area contributed by atoms with Crippen LogP contribution in [-0.4, -0.2) is 3.22 Å². The van der Waals surface area contributed by atoms with Crippen LogP contribution in [0.2, 0.25) is 42.8 Å². The van der Waals surface area contributed by atoms with Crippen molar-refractivity contribution in [2.24, 2.45) is 0 Å². The van der Waals surface area contributed by atoms with Gasteiger partial charge in [-0.15, -0.1) is 0 Å². The number of halogens is 1. The minimum absolute atomic E-state index is 0.893. The van der Waals surface area contributed by atoms with Crippen molar-refractivity contribution in [3.8, 4) is 0 Å². The van der Waals surface area contributed by atoms with Gasteiger partial charge in [0.15, 0.2) is 0 Å². The molecule has 104 valence electrons. The molecule has 0 saturated carbocycles. The second-order valence-electron chi connectivity index (χ2n) is 11.9. The molecule has 0 bridgehead atoms. The molecule has 0 amide bonds. The van der Waals surface area contributed by atoms with Crippen LogP contribution in [0.5, 0.6) is 0 Å². The fourth-order valence-electron chi connectivity index (χ4n) is 18.3. The van der Waals surface area contributed by atoms with Crippen LogP contribution in [0.3, 0.4) is 0 Å². The zero-order valence-corrected chi connectivity index (χ0v) is 14.1. The molecule has 10 fully saturated rings. The summed E-state index contributed by atoms with van der Waals surface area (Å²) in [5.41, 5.74) is 3.31. The molecule has 2 heteroatoms. The number of hydrogen-bond acceptors (Lipinski definition) is 0. The van der Waals surface area contributed by atoms with E-state index < -0.39 is 6.51 Å². The third-order valence-corrected chi connectivity index (χ3v) is 67.1. The zero-order chi connectivity index (χ0) is 12.6. The molecule has 20 heavy (non-hydrogen) atoms. The Kier molecular flexibility index (Phi) is 0.307. The molecule has 0 nitrogen and oxygen atoms in total. The third-order valence-electron chi connectivity index (χ3n) is 16.7. The van der Waals surface area contributed by atoms with Gasteiger partial charge in [-0.1, -0.05) is 0 Å². The van der Waals surface area contributed by atoms with E-state index in [1.165, 1.54) is 45.0 Å². The van der Waals surface area contributed by atoms with Crippen LogP contribution >= 0.6 is 15.9 Å². The van der Waals surface area contributed by atoms with Crippen LogP contribution in [0.25, 0.3) is 0 Å². The van der Waals surface area contributed by atoms with E-state index in [1.54, 1.807) is 11.1 Å². The van der Waals surface area contributed by atoms with Crippen molar-refractivity contribution in [1.82, 2.24) is 0 Å². The van der Waals surface area contributed by atoms with Crippen LogP contribution in [-0.2, 0) is 12.9 Å². The summed E-state index contributed by atoms with van der Waals surface area (Å²) in [7, 11) is 0. The van der Waals surface area contributed by atoms with Crippen molar-refractivity contribution in [1.29, 1.82) is 0 Å². The summed E-state index contributed by atoms with van der Waals surface area (Å²) in [6.45, 7) is -0.681. The van der Waals surface area contributed by atoms with Gasteiger partial charge in [-0.05, 0) is 0 Å². The molecule has 10 aliphatic heterocycles. The SMILES string of the molecule is Cc1ccccc1C[C]12[CH]3[CH]4[CH]5[CH]1[Fe]45321678[CH]2[CH]1[CH]6[C]7(Br)[CH]28. The Morgan fingerprint density at radius 3 is 2.00 bits per heavy atom. The maximum atomic E-state index is 4.50. The molecule has 10 saturated heterocycles. The second-order valence-corrected chi connectivity index (χ2v) is 37.3. The van der Waals surface area contributed by atoms with Gasteiger partial charge in [-0.2, -0.15) is 0 Å². The van der Waals surface area contributed by atoms with E-state index in [-0.39, 0.29) is 0 Å². The Morgan fingerprint density at radius 2 is 1.60 bits per heavy atom. The molecule has 11 rings (SSSR count). The first-order valence-electron chi connectivity index (χ1n) is 8.36. The standard InChI is InChI=1S/C13H13.C5H4Br.Fe/c1-11-6-2-5-9-13(11)10-12-7-3-4-8-12;6-5-3-1-2-4-5;/h2-9H,10H2,1H3;1-4H;. The van der Waals surface area contributed by atoms with Crippen molar-refractivity contribution in [2.45, 2.75) is 59.4 Å². The fourth-order valence-corrected chi connectivity index (χ4v) is 106. The van der Waals surface area contributed by atoms with Crippen molar-refractivity contribution in [3.05, 3.63) is 35.4 Å². The Bertz CT molecular complexity index is 1250. The Hall–Kier alpha value is 0.219. The normalized spacial score (nSPS) is 107. The number of fused-ring (bicyclic) bond motifs is 10. The summed E-state index contributed by atoms with van der Waals surface area (Å²) >= 11 is 4.50. The number of rotatable bonds is 2. The topological polar surface area (TPSA) is 0 Å². The second kappa shape index (κ2) is 0.750. The van der Waals surface area contributed by atoms with E-state index >= 15 is 0 Å². The first kappa shape index (κ1) is 8.18. The van der Waals surface area contributed by atoms with Gasteiger partial charge in [0.25, 0.3) is 0 Å². The van der Waals surface area contributed by atoms with Crippen LogP contribution in [0, 0.1) is 6.92 Å². The molecule has 0 aliphatic carbocycles. The molecule has 10 aliphatic rings. The molecule has 8 unspecified atom stereocenters. The van der Waals surface area contributed by atoms with Crippen LogP contribution in [0.4, 0.5) is 0 Å². The zero-order valence-electron chi connectivity index (χ0n) is 11.4. The summed E-state index contributed by atoms with van der Waals surface area (Å²) in [5.74, 6) is 0. The van der Waals surface area contributed by atoms with E-state index in [4.69, 9.17) is 0 Å². The summed E-state index contributed by atoms with van der Waals surface area (Å²) < 4.78 is 1.90. The first-order valence-corrected chi connectivity index (χ1v) is 15.4. The number of hydrogen-bond donors (Lipinski definition) is 0. The van der Waals surface area contributed by atoms with E-state index in [1.807, 2.05) is 0 Å². The molecule has 0 aromatic heterocycles. The third kappa shape index (κ3) is 0.0921. The number of alkyl halides is 1. The van der Waals surface area contributed by atoms with E-state index in [2.05, 4.69) is 47.1 Å². The van der Waals surface area contributed by atoms with Crippen molar-refractivity contribution in [2.75, 3.05) is 0 Å². The van der Waals surface area contributed by atoms with Crippen molar-refractivity contribution < 1.29 is 6.51 Å². The van der Waals surface area contributed by atoms with Gasteiger partial charge in [0.05, 0.1) is 0 Å². The van der Waals surface area contributed by atoms with E-state index in [0.29, 0.717) is 0 Å². The van der Waals surface area contributed by atoms with Gasteiger partial charge >= 0.3 is 117 Å². The molecule has 1 aromatic rings. The van der Waals surface area contributed by atoms with E-state index in [0.717, 1.165) is 7.54 Å². The molecule has 8 atom stereocenters. The van der Waals surface area contributed by atoms with Crippen LogP contribution < -0.4 is 0 Å². The first-order chi connectivity index (χ1) is 9.42. The van der Waals surface area contributed by atoms with Gasteiger partial charge in [-0.25, -0.2) is 0 Å². The van der Waals surface area contributed by atoms with Gasteiger partial charge in [0, 0.05) is 0 Å². The predicted octanol–water partition coefficient (Wildman–Crippen LogP) is 5.60. The fraction of sp³-hybridized carbons (Fsp3) is 0.667. The van der Waals surface area contributed by atoms with Crippen LogP contribution in [0.15, 0.2) is 24.3 Å². The van der Waals surface area contributed by atoms with Crippen molar-refractivity contribution in [3.63, 3.8) is 0 Å². The van der Waals surface area contributed by atoms with Gasteiger partial charge in [-0.3, -0.25) is 0 Å². The summed E-state index contributed by atoms with van der Waals surface area (Å²) in [6, 6.07) is 9.33. The maximum absolute atomic E-state index is 4.50. The number of benzene rings is 1. The Morgan fingerprint density at radius 1 is 1.00 bits per heavy atom. The van der Waals surface area contributed by atoms with Crippen LogP contribution in [0.1, 0.15) is 11.1 Å². The molecule has 1 spiro atoms. The average molecular weight is 369 g/mol. The van der Waals surface area contributed by atoms with Gasteiger partial charge in [0.2, 0.25) is 0 Å². The Balaban J connectivity index is 1.39.